The first-order valence-electron chi connectivity index (χ1n) is 21.8. The van der Waals surface area contributed by atoms with E-state index in [1.807, 2.05) is 9.80 Å². The Hall–Kier alpha value is -5.30. The standard InChI is InChI=1S/C51H54B2N6O/c1-27-25-29-26-28(2)34-36-32(29)35-33(27)52(30-21-17-15-18-22-30)41-43(56-39-37(54-41)46(3,4)50(11,12)48(39,7)8)58(35)45(60)59(36)44-42(53(34)31-23-19-16-20-24-31)55-38-40(57-44)49(9,10)51(13,14)47(38,5)6/h15-26H,1-14H3. The minimum absolute atomic E-state index is 0.169. The molecule has 2 aromatic heterocycles. The molecule has 0 saturated carbocycles. The van der Waals surface area contributed by atoms with Crippen molar-refractivity contribution in [3.05, 3.63) is 107 Å². The minimum atomic E-state index is -0.322. The van der Waals surface area contributed by atoms with Crippen molar-refractivity contribution in [1.82, 2.24) is 19.9 Å². The number of rotatable bonds is 2. The molecule has 0 unspecified atom stereocenters. The van der Waals surface area contributed by atoms with E-state index in [1.54, 1.807) is 0 Å². The third kappa shape index (κ3) is 4.04. The Morgan fingerprint density at radius 3 is 1.17 bits per heavy atom. The number of hydrogen-bond donors (Lipinski definition) is 0. The zero-order valence-electron chi connectivity index (χ0n) is 37.7. The van der Waals surface area contributed by atoms with Crippen LogP contribution in [0.25, 0.3) is 10.8 Å². The van der Waals surface area contributed by atoms with Gasteiger partial charge in [-0.15, -0.1) is 0 Å². The number of aryl methyl sites for hydroxylation is 2. The fourth-order valence-electron chi connectivity index (χ4n) is 12.0. The van der Waals surface area contributed by atoms with Crippen molar-refractivity contribution in [2.75, 3.05) is 9.80 Å². The van der Waals surface area contributed by atoms with Gasteiger partial charge in [-0.3, -0.25) is 9.97 Å². The highest BCUT2D eigenvalue weighted by Gasteiger charge is 2.62. The van der Waals surface area contributed by atoms with Crippen LogP contribution in [0.5, 0.6) is 0 Å². The van der Waals surface area contributed by atoms with Gasteiger partial charge < -0.3 is 0 Å². The van der Waals surface area contributed by atoms with Crippen LogP contribution in [0.2, 0.25) is 0 Å². The highest BCUT2D eigenvalue weighted by atomic mass is 16.2. The smallest absolute Gasteiger partial charge is 0.261 e. The lowest BCUT2D eigenvalue weighted by Crippen LogP contribution is -2.66. The summed E-state index contributed by atoms with van der Waals surface area (Å²) in [6, 6.07) is 25.9. The van der Waals surface area contributed by atoms with Gasteiger partial charge in [0.2, 0.25) is 0 Å². The van der Waals surface area contributed by atoms with E-state index >= 15 is 4.79 Å². The zero-order chi connectivity index (χ0) is 42.6. The monoisotopic (exact) mass is 788 g/mol. The quantitative estimate of drug-likeness (QED) is 0.173. The van der Waals surface area contributed by atoms with Crippen LogP contribution in [0, 0.1) is 24.7 Å². The number of urea groups is 1. The van der Waals surface area contributed by atoms with Crippen molar-refractivity contribution in [2.45, 2.75) is 119 Å². The second-order valence-corrected chi connectivity index (χ2v) is 21.7. The normalized spacial score (nSPS) is 20.9. The van der Waals surface area contributed by atoms with Gasteiger partial charge in [-0.1, -0.05) is 178 Å². The molecule has 9 heteroatoms. The summed E-state index contributed by atoms with van der Waals surface area (Å²) in [5.74, 6) is 1.23. The number of carbonyl (C=O) groups is 1. The number of hydrogen-bond acceptors (Lipinski definition) is 5. The average molecular weight is 789 g/mol. The molecule has 0 N–H and O–H groups in total. The first kappa shape index (κ1) is 37.7. The van der Waals surface area contributed by atoms with Crippen LogP contribution >= 0.6 is 0 Å². The summed E-state index contributed by atoms with van der Waals surface area (Å²) in [6.07, 6.45) is 0. The molecular weight excluding hydrogens is 734 g/mol. The van der Waals surface area contributed by atoms with Crippen molar-refractivity contribution in [1.29, 1.82) is 0 Å². The fourth-order valence-corrected chi connectivity index (χ4v) is 12.0. The van der Waals surface area contributed by atoms with Crippen molar-refractivity contribution >= 4 is 86.3 Å². The molecule has 2 amide bonds. The SMILES string of the molecule is Cc1cc2cc(C)c3c4c2c2c1B(c1ccccc1)c1nc5c(nc1N2C(=O)N4c1nc2c(nc1B3c1ccccc1)C(C)(C)C(C)(C)C2(C)C)C(C)(C)C(C)(C)C5(C)C. The molecule has 0 fully saturated rings. The van der Waals surface area contributed by atoms with Gasteiger partial charge in [0.15, 0.2) is 11.6 Å². The Bertz CT molecular complexity index is 2760. The lowest BCUT2D eigenvalue weighted by atomic mass is 9.35. The van der Waals surface area contributed by atoms with Gasteiger partial charge in [0.05, 0.1) is 45.3 Å². The third-order valence-corrected chi connectivity index (χ3v) is 17.9. The van der Waals surface area contributed by atoms with E-state index in [0.717, 1.165) is 89.1 Å². The van der Waals surface area contributed by atoms with Crippen LogP contribution in [-0.4, -0.2) is 39.4 Å². The van der Waals surface area contributed by atoms with Crippen molar-refractivity contribution < 1.29 is 4.79 Å². The first-order chi connectivity index (χ1) is 28.1. The Labute approximate surface area is 355 Å². The number of amides is 2. The van der Waals surface area contributed by atoms with Gasteiger partial charge >= 0.3 is 6.03 Å². The molecule has 60 heavy (non-hydrogen) atoms. The van der Waals surface area contributed by atoms with E-state index in [0.29, 0.717) is 11.6 Å². The highest BCUT2D eigenvalue weighted by Crippen LogP contribution is 2.62. The van der Waals surface area contributed by atoms with Crippen LogP contribution in [0.3, 0.4) is 0 Å². The summed E-state index contributed by atoms with van der Waals surface area (Å²) in [6.45, 7) is 31.7. The Morgan fingerprint density at radius 2 is 0.817 bits per heavy atom. The fraction of sp³-hybridized carbons (Fsp3) is 0.392. The van der Waals surface area contributed by atoms with Gasteiger partial charge in [0.25, 0.3) is 13.4 Å². The molecule has 0 bridgehead atoms. The molecule has 0 atom stereocenters. The van der Waals surface area contributed by atoms with E-state index in [4.69, 9.17) is 19.9 Å². The predicted molar refractivity (Wildman–Crippen MR) is 249 cm³/mol. The third-order valence-electron chi connectivity index (χ3n) is 17.9. The molecule has 6 aromatic rings. The Morgan fingerprint density at radius 1 is 0.483 bits per heavy atom. The summed E-state index contributed by atoms with van der Waals surface area (Å²) >= 11 is 0. The summed E-state index contributed by atoms with van der Waals surface area (Å²) in [4.78, 5) is 43.2. The molecule has 7 nitrogen and oxygen atoms in total. The molecule has 0 saturated heterocycles. The molecule has 300 valence electrons. The first-order valence-corrected chi connectivity index (χ1v) is 21.8. The maximum atomic E-state index is 16.3. The maximum Gasteiger partial charge on any atom is 0.340 e. The van der Waals surface area contributed by atoms with Crippen LogP contribution in [0.15, 0.2) is 72.8 Å². The van der Waals surface area contributed by atoms with Gasteiger partial charge in [-0.2, -0.15) is 0 Å². The van der Waals surface area contributed by atoms with Crippen LogP contribution in [-0.2, 0) is 21.7 Å². The van der Waals surface area contributed by atoms with Gasteiger partial charge in [-0.25, -0.2) is 24.6 Å². The van der Waals surface area contributed by atoms with Crippen molar-refractivity contribution in [3.8, 4) is 0 Å². The number of benzene rings is 4. The van der Waals surface area contributed by atoms with E-state index in [2.05, 4.69) is 170 Å². The van der Waals surface area contributed by atoms with Gasteiger partial charge in [0.1, 0.15) is 0 Å². The van der Waals surface area contributed by atoms with Crippen LogP contribution < -0.4 is 42.8 Å². The molecule has 0 radical (unpaired) electrons. The predicted octanol–water partition coefficient (Wildman–Crippen LogP) is 7.30. The summed E-state index contributed by atoms with van der Waals surface area (Å²) in [5.41, 5.74) is 12.7. The Balaban J connectivity index is 1.31. The molecule has 5 heterocycles. The van der Waals surface area contributed by atoms with E-state index in [9.17, 15) is 0 Å². The number of anilines is 4. The van der Waals surface area contributed by atoms with Crippen molar-refractivity contribution in [3.63, 3.8) is 0 Å². The van der Waals surface area contributed by atoms with E-state index in [1.165, 1.54) is 0 Å². The van der Waals surface area contributed by atoms with Crippen LogP contribution in [0.1, 0.15) is 117 Å². The van der Waals surface area contributed by atoms with Gasteiger partial charge in [-0.05, 0) is 41.0 Å². The molecular formula is C51H54B2N6O. The summed E-state index contributed by atoms with van der Waals surface area (Å²) in [5, 5.41) is 2.15. The van der Waals surface area contributed by atoms with E-state index < -0.39 is 0 Å². The van der Waals surface area contributed by atoms with Crippen molar-refractivity contribution in [2.24, 2.45) is 10.8 Å². The lowest BCUT2D eigenvalue weighted by Gasteiger charge is -2.46. The van der Waals surface area contributed by atoms with E-state index in [-0.39, 0.29) is 51.9 Å². The molecule has 4 aromatic carbocycles. The summed E-state index contributed by atoms with van der Waals surface area (Å²) < 4.78 is 0. The number of nitrogens with zero attached hydrogens (tertiary/aromatic N) is 6. The number of aromatic nitrogens is 4. The second-order valence-electron chi connectivity index (χ2n) is 21.7. The van der Waals surface area contributed by atoms with Gasteiger partial charge in [0, 0.05) is 27.0 Å². The average Bonchev–Trinajstić information content (AvgIpc) is 3.37. The number of fused-ring (bicyclic) bond motifs is 6. The minimum Gasteiger partial charge on any atom is -0.261 e. The molecule has 11 rings (SSSR count). The Kier molecular flexibility index (Phi) is 7.00. The maximum absolute atomic E-state index is 16.3. The molecule has 0 spiro atoms. The molecule has 3 aliphatic heterocycles. The highest BCUT2D eigenvalue weighted by molar-refractivity contribution is 6.99. The lowest BCUT2D eigenvalue weighted by molar-refractivity contribution is 0.122. The second kappa shape index (κ2) is 11.1. The number of carbonyl (C=O) groups excluding carboxylic acids is 1. The summed E-state index contributed by atoms with van der Waals surface area (Å²) in [7, 11) is 0. The molecule has 5 aliphatic rings. The van der Waals surface area contributed by atoms with Crippen LogP contribution in [0.4, 0.5) is 27.8 Å². The topological polar surface area (TPSA) is 75.1 Å². The molecule has 2 aliphatic carbocycles. The largest absolute Gasteiger partial charge is 0.340 e. The zero-order valence-corrected chi connectivity index (χ0v) is 37.7.